The van der Waals surface area contributed by atoms with Gasteiger partial charge in [-0.1, -0.05) is 0 Å². The van der Waals surface area contributed by atoms with Crippen LogP contribution >= 0.6 is 0 Å². The number of hydrogen-bond donors (Lipinski definition) is 1. The Balaban J connectivity index is 1.55. The van der Waals surface area contributed by atoms with Gasteiger partial charge in [0.15, 0.2) is 11.5 Å². The summed E-state index contributed by atoms with van der Waals surface area (Å²) in [4.78, 5) is 16.6. The zero-order chi connectivity index (χ0) is 16.4. The third kappa shape index (κ3) is 2.76. The molecule has 24 heavy (non-hydrogen) atoms. The molecule has 8 heteroatoms. The standard InChI is InChI=1S/C16H13N5O3/c22-16(11-3-4-17-15(7-11)21-9-18-19-10-21)20-12-1-2-13-14(8-12)24-6-5-23-13/h1-4,7-10H,5-6H2,(H,20,22). The number of hydrogen-bond acceptors (Lipinski definition) is 6. The molecule has 1 aliphatic heterocycles. The minimum atomic E-state index is -0.247. The van der Waals surface area contributed by atoms with Crippen molar-refractivity contribution in [2.75, 3.05) is 18.5 Å². The summed E-state index contributed by atoms with van der Waals surface area (Å²) < 4.78 is 12.6. The monoisotopic (exact) mass is 323 g/mol. The Kier molecular flexibility index (Phi) is 3.54. The van der Waals surface area contributed by atoms with Gasteiger partial charge in [0.1, 0.15) is 31.7 Å². The lowest BCUT2D eigenvalue weighted by Gasteiger charge is -2.19. The maximum Gasteiger partial charge on any atom is 0.255 e. The van der Waals surface area contributed by atoms with Crippen molar-refractivity contribution in [3.8, 4) is 17.3 Å². The number of amides is 1. The van der Waals surface area contributed by atoms with Crippen LogP contribution in [0.25, 0.3) is 5.82 Å². The molecule has 4 rings (SSSR count). The van der Waals surface area contributed by atoms with E-state index in [1.54, 1.807) is 41.1 Å². The van der Waals surface area contributed by atoms with Crippen molar-refractivity contribution in [3.63, 3.8) is 0 Å². The van der Waals surface area contributed by atoms with Gasteiger partial charge in [-0.25, -0.2) is 4.98 Å². The molecule has 1 aromatic carbocycles. The zero-order valence-electron chi connectivity index (χ0n) is 12.5. The molecule has 1 amide bonds. The summed E-state index contributed by atoms with van der Waals surface area (Å²) >= 11 is 0. The van der Waals surface area contributed by atoms with Gasteiger partial charge in [-0.05, 0) is 24.3 Å². The van der Waals surface area contributed by atoms with Gasteiger partial charge >= 0.3 is 0 Å². The number of aromatic nitrogens is 4. The molecule has 120 valence electrons. The molecule has 0 saturated carbocycles. The minimum absolute atomic E-state index is 0.247. The summed E-state index contributed by atoms with van der Waals surface area (Å²) in [5.41, 5.74) is 1.11. The van der Waals surface area contributed by atoms with Crippen molar-refractivity contribution in [3.05, 3.63) is 54.7 Å². The van der Waals surface area contributed by atoms with E-state index in [0.717, 1.165) is 0 Å². The van der Waals surface area contributed by atoms with Gasteiger partial charge in [0.25, 0.3) is 5.91 Å². The number of benzene rings is 1. The highest BCUT2D eigenvalue weighted by Gasteiger charge is 2.14. The predicted molar refractivity (Wildman–Crippen MR) is 84.5 cm³/mol. The topological polar surface area (TPSA) is 91.2 Å². The largest absolute Gasteiger partial charge is 0.486 e. The van der Waals surface area contributed by atoms with Gasteiger partial charge in [0, 0.05) is 23.5 Å². The first-order valence-corrected chi connectivity index (χ1v) is 7.32. The summed E-state index contributed by atoms with van der Waals surface area (Å²) in [6, 6.07) is 8.60. The molecule has 1 N–H and O–H groups in total. The van der Waals surface area contributed by atoms with Crippen LogP contribution in [-0.4, -0.2) is 38.9 Å². The van der Waals surface area contributed by atoms with Gasteiger partial charge < -0.3 is 14.8 Å². The molecule has 1 aliphatic rings. The van der Waals surface area contributed by atoms with Gasteiger partial charge in [-0.2, -0.15) is 0 Å². The molecule has 0 atom stereocenters. The highest BCUT2D eigenvalue weighted by Crippen LogP contribution is 2.32. The van der Waals surface area contributed by atoms with E-state index < -0.39 is 0 Å². The van der Waals surface area contributed by atoms with E-state index in [-0.39, 0.29) is 5.91 Å². The number of rotatable bonds is 3. The van der Waals surface area contributed by atoms with E-state index in [1.807, 2.05) is 0 Å². The van der Waals surface area contributed by atoms with E-state index in [4.69, 9.17) is 9.47 Å². The highest BCUT2D eigenvalue weighted by molar-refractivity contribution is 6.04. The third-order valence-corrected chi connectivity index (χ3v) is 3.49. The number of nitrogens with zero attached hydrogens (tertiary/aromatic N) is 4. The molecule has 0 unspecified atom stereocenters. The maximum absolute atomic E-state index is 12.5. The fourth-order valence-corrected chi connectivity index (χ4v) is 2.34. The molecular weight excluding hydrogens is 310 g/mol. The van der Waals surface area contributed by atoms with Crippen LogP contribution in [0, 0.1) is 0 Å². The van der Waals surface area contributed by atoms with Crippen LogP contribution in [0.5, 0.6) is 11.5 Å². The van der Waals surface area contributed by atoms with Crippen molar-refractivity contribution in [1.29, 1.82) is 0 Å². The molecule has 0 spiro atoms. The van der Waals surface area contributed by atoms with Crippen molar-refractivity contribution < 1.29 is 14.3 Å². The predicted octanol–water partition coefficient (Wildman–Crippen LogP) is 1.69. The van der Waals surface area contributed by atoms with E-state index in [1.165, 1.54) is 12.7 Å². The fourth-order valence-electron chi connectivity index (χ4n) is 2.34. The minimum Gasteiger partial charge on any atom is -0.486 e. The number of ether oxygens (including phenoxy) is 2. The summed E-state index contributed by atoms with van der Waals surface area (Å²) in [6.07, 6.45) is 4.60. The van der Waals surface area contributed by atoms with Crippen molar-refractivity contribution in [2.24, 2.45) is 0 Å². The lowest BCUT2D eigenvalue weighted by molar-refractivity contribution is 0.102. The average molecular weight is 323 g/mol. The molecule has 0 radical (unpaired) electrons. The second kappa shape index (κ2) is 5.99. The Morgan fingerprint density at radius 3 is 2.67 bits per heavy atom. The number of pyridine rings is 1. The van der Waals surface area contributed by atoms with Crippen molar-refractivity contribution in [1.82, 2.24) is 19.7 Å². The van der Waals surface area contributed by atoms with Crippen LogP contribution in [0.2, 0.25) is 0 Å². The summed E-state index contributed by atoms with van der Waals surface area (Å²) in [5, 5.41) is 10.3. The summed E-state index contributed by atoms with van der Waals surface area (Å²) in [6.45, 7) is 1.03. The first-order chi connectivity index (χ1) is 11.8. The molecule has 3 heterocycles. The molecular formula is C16H13N5O3. The second-order valence-corrected chi connectivity index (χ2v) is 5.08. The van der Waals surface area contributed by atoms with Crippen LogP contribution in [0.4, 0.5) is 5.69 Å². The Morgan fingerprint density at radius 2 is 1.83 bits per heavy atom. The van der Waals surface area contributed by atoms with Crippen LogP contribution < -0.4 is 14.8 Å². The Bertz CT molecular complexity index is 879. The van der Waals surface area contributed by atoms with E-state index in [9.17, 15) is 4.79 Å². The van der Waals surface area contributed by atoms with Crippen LogP contribution in [0.1, 0.15) is 10.4 Å². The van der Waals surface area contributed by atoms with Crippen molar-refractivity contribution in [2.45, 2.75) is 0 Å². The van der Waals surface area contributed by atoms with E-state index in [0.29, 0.717) is 41.8 Å². The summed E-state index contributed by atoms with van der Waals surface area (Å²) in [5.74, 6) is 1.62. The number of nitrogens with one attached hydrogen (secondary N) is 1. The van der Waals surface area contributed by atoms with Crippen LogP contribution in [0.15, 0.2) is 49.2 Å². The van der Waals surface area contributed by atoms with Gasteiger partial charge in [-0.3, -0.25) is 9.36 Å². The lowest BCUT2D eigenvalue weighted by Crippen LogP contribution is -2.16. The number of carbonyl (C=O) groups excluding carboxylic acids is 1. The number of anilines is 1. The molecule has 0 bridgehead atoms. The first-order valence-electron chi connectivity index (χ1n) is 7.32. The number of fused-ring (bicyclic) bond motifs is 1. The van der Waals surface area contributed by atoms with Crippen molar-refractivity contribution >= 4 is 11.6 Å². The van der Waals surface area contributed by atoms with E-state index >= 15 is 0 Å². The van der Waals surface area contributed by atoms with Crippen LogP contribution in [0.3, 0.4) is 0 Å². The first kappa shape index (κ1) is 14.2. The van der Waals surface area contributed by atoms with Crippen LogP contribution in [-0.2, 0) is 0 Å². The maximum atomic E-state index is 12.5. The lowest BCUT2D eigenvalue weighted by atomic mass is 10.2. The third-order valence-electron chi connectivity index (χ3n) is 3.49. The Labute approximate surface area is 137 Å². The normalized spacial score (nSPS) is 12.7. The smallest absolute Gasteiger partial charge is 0.255 e. The van der Waals surface area contributed by atoms with Gasteiger partial charge in [0.05, 0.1) is 0 Å². The Morgan fingerprint density at radius 1 is 1.04 bits per heavy atom. The highest BCUT2D eigenvalue weighted by atomic mass is 16.6. The zero-order valence-corrected chi connectivity index (χ0v) is 12.5. The van der Waals surface area contributed by atoms with Gasteiger partial charge in [-0.15, -0.1) is 10.2 Å². The molecule has 0 fully saturated rings. The van der Waals surface area contributed by atoms with Gasteiger partial charge in [0.2, 0.25) is 0 Å². The SMILES string of the molecule is O=C(Nc1ccc2c(c1)OCCO2)c1ccnc(-n2cnnc2)c1. The molecule has 3 aromatic rings. The fraction of sp³-hybridized carbons (Fsp3) is 0.125. The molecule has 8 nitrogen and oxygen atoms in total. The van der Waals surface area contributed by atoms with E-state index in [2.05, 4.69) is 20.5 Å². The molecule has 0 saturated heterocycles. The summed E-state index contributed by atoms with van der Waals surface area (Å²) in [7, 11) is 0. The number of carbonyl (C=O) groups is 1. The second-order valence-electron chi connectivity index (χ2n) is 5.08. The molecule has 0 aliphatic carbocycles. The average Bonchev–Trinajstić information content (AvgIpc) is 3.16. The molecule has 2 aromatic heterocycles. The Hall–Kier alpha value is -3.42. The quantitative estimate of drug-likeness (QED) is 0.788.